The van der Waals surface area contributed by atoms with Crippen LogP contribution < -0.4 is 4.90 Å². The first-order chi connectivity index (χ1) is 9.22. The van der Waals surface area contributed by atoms with Crippen LogP contribution in [0.1, 0.15) is 13.8 Å². The van der Waals surface area contributed by atoms with Crippen LogP contribution in [0.25, 0.3) is 10.6 Å². The minimum atomic E-state index is 0.244. The van der Waals surface area contributed by atoms with Crippen molar-refractivity contribution in [1.29, 1.82) is 0 Å². The Morgan fingerprint density at radius 1 is 1.26 bits per heavy atom. The van der Waals surface area contributed by atoms with Crippen molar-refractivity contribution in [1.82, 2.24) is 15.2 Å². The molecule has 0 N–H and O–H groups in total. The summed E-state index contributed by atoms with van der Waals surface area (Å²) in [7, 11) is 0. The summed E-state index contributed by atoms with van der Waals surface area (Å²) in [5, 5.41) is 8.80. The summed E-state index contributed by atoms with van der Waals surface area (Å²) in [6, 6.07) is 4.09. The third kappa shape index (κ3) is 2.74. The van der Waals surface area contributed by atoms with Gasteiger partial charge >= 0.3 is 0 Å². The summed E-state index contributed by atoms with van der Waals surface area (Å²) >= 11 is 1.52. The van der Waals surface area contributed by atoms with Crippen LogP contribution in [0.3, 0.4) is 0 Å². The molecule has 3 rings (SSSR count). The van der Waals surface area contributed by atoms with Crippen LogP contribution in [0.5, 0.6) is 0 Å². The quantitative estimate of drug-likeness (QED) is 0.841. The number of morpholine rings is 1. The predicted octanol–water partition coefficient (Wildman–Crippen LogP) is 2.21. The fourth-order valence-corrected chi connectivity index (χ4v) is 2.91. The number of aromatic nitrogens is 3. The molecule has 2 aromatic rings. The van der Waals surface area contributed by atoms with Crippen LogP contribution in [-0.2, 0) is 4.74 Å². The van der Waals surface area contributed by atoms with E-state index in [-0.39, 0.29) is 12.2 Å². The van der Waals surface area contributed by atoms with Crippen LogP contribution in [0, 0.1) is 0 Å². The number of hydrogen-bond acceptors (Lipinski definition) is 6. The zero-order chi connectivity index (χ0) is 13.2. The molecule has 19 heavy (non-hydrogen) atoms. The van der Waals surface area contributed by atoms with Gasteiger partial charge in [-0.1, -0.05) is 11.3 Å². The maximum absolute atomic E-state index is 5.73. The first-order valence-electron chi connectivity index (χ1n) is 6.35. The maximum atomic E-state index is 5.73. The zero-order valence-corrected chi connectivity index (χ0v) is 11.8. The fourth-order valence-electron chi connectivity index (χ4n) is 2.36. The van der Waals surface area contributed by atoms with E-state index in [1.54, 1.807) is 5.51 Å². The van der Waals surface area contributed by atoms with Crippen molar-refractivity contribution in [2.45, 2.75) is 26.1 Å². The molecule has 1 aliphatic heterocycles. The van der Waals surface area contributed by atoms with Crippen LogP contribution in [0.15, 0.2) is 23.8 Å². The Balaban J connectivity index is 1.79. The van der Waals surface area contributed by atoms with E-state index in [0.717, 1.165) is 29.5 Å². The molecule has 0 radical (unpaired) electrons. The third-order valence-corrected chi connectivity index (χ3v) is 3.84. The van der Waals surface area contributed by atoms with E-state index in [9.17, 15) is 0 Å². The van der Waals surface area contributed by atoms with Gasteiger partial charge in [-0.15, -0.1) is 10.2 Å². The van der Waals surface area contributed by atoms with E-state index >= 15 is 0 Å². The topological polar surface area (TPSA) is 51.1 Å². The average Bonchev–Trinajstić information content (AvgIpc) is 2.91. The van der Waals surface area contributed by atoms with E-state index in [1.807, 2.05) is 18.3 Å². The standard InChI is InChI=1S/C13H16N4OS/c1-9-6-17(7-10(2)18-9)12-4-3-11(5-14-12)13-16-15-8-19-13/h3-5,8-10H,6-7H2,1-2H3/t9-,10+. The lowest BCUT2D eigenvalue weighted by atomic mass is 10.2. The Morgan fingerprint density at radius 3 is 2.63 bits per heavy atom. The Kier molecular flexibility index (Phi) is 3.44. The number of ether oxygens (including phenoxy) is 1. The summed E-state index contributed by atoms with van der Waals surface area (Å²) in [6.07, 6.45) is 2.35. The molecular formula is C13H16N4OS. The van der Waals surface area contributed by atoms with Gasteiger partial charge in [-0.3, -0.25) is 0 Å². The largest absolute Gasteiger partial charge is 0.372 e. The molecule has 100 valence electrons. The van der Waals surface area contributed by atoms with Gasteiger partial charge < -0.3 is 9.64 Å². The van der Waals surface area contributed by atoms with Crippen LogP contribution >= 0.6 is 11.3 Å². The maximum Gasteiger partial charge on any atom is 0.149 e. The summed E-state index contributed by atoms with van der Waals surface area (Å²) in [5.41, 5.74) is 2.75. The van der Waals surface area contributed by atoms with Gasteiger partial charge in [0.25, 0.3) is 0 Å². The van der Waals surface area contributed by atoms with Crippen molar-refractivity contribution in [3.8, 4) is 10.6 Å². The molecular weight excluding hydrogens is 260 g/mol. The summed E-state index contributed by atoms with van der Waals surface area (Å²) in [4.78, 5) is 6.80. The summed E-state index contributed by atoms with van der Waals surface area (Å²) in [6.45, 7) is 5.96. The van der Waals surface area contributed by atoms with Gasteiger partial charge in [0.15, 0.2) is 0 Å². The molecule has 1 aliphatic rings. The molecule has 0 aliphatic carbocycles. The number of pyridine rings is 1. The van der Waals surface area contributed by atoms with Gasteiger partial charge in [-0.2, -0.15) is 0 Å². The third-order valence-electron chi connectivity index (χ3n) is 3.10. The lowest BCUT2D eigenvalue weighted by Gasteiger charge is -2.36. The molecule has 0 unspecified atom stereocenters. The summed E-state index contributed by atoms with van der Waals surface area (Å²) in [5.74, 6) is 0.996. The highest BCUT2D eigenvalue weighted by Gasteiger charge is 2.23. The van der Waals surface area contributed by atoms with Crippen molar-refractivity contribution >= 4 is 17.2 Å². The molecule has 5 nitrogen and oxygen atoms in total. The van der Waals surface area contributed by atoms with Crippen LogP contribution in [-0.4, -0.2) is 40.5 Å². The lowest BCUT2D eigenvalue weighted by molar-refractivity contribution is -0.00545. The second-order valence-corrected chi connectivity index (χ2v) is 5.64. The first-order valence-corrected chi connectivity index (χ1v) is 7.23. The first kappa shape index (κ1) is 12.5. The molecule has 3 heterocycles. The second kappa shape index (κ2) is 5.22. The SMILES string of the molecule is C[C@@H]1CN(c2ccc(-c3nncs3)cn2)C[C@H](C)O1. The van der Waals surface area contributed by atoms with E-state index in [1.165, 1.54) is 11.3 Å². The van der Waals surface area contributed by atoms with Gasteiger partial charge in [0.2, 0.25) is 0 Å². The number of rotatable bonds is 2. The van der Waals surface area contributed by atoms with Gasteiger partial charge in [0.1, 0.15) is 16.3 Å². The highest BCUT2D eigenvalue weighted by atomic mass is 32.1. The fraction of sp³-hybridized carbons (Fsp3) is 0.462. The minimum Gasteiger partial charge on any atom is -0.372 e. The molecule has 0 spiro atoms. The number of hydrogen-bond donors (Lipinski definition) is 0. The Bertz CT molecular complexity index is 518. The molecule has 0 bridgehead atoms. The number of nitrogens with zero attached hydrogens (tertiary/aromatic N) is 4. The van der Waals surface area contributed by atoms with Crippen molar-refractivity contribution in [2.75, 3.05) is 18.0 Å². The minimum absolute atomic E-state index is 0.244. The highest BCUT2D eigenvalue weighted by molar-refractivity contribution is 7.12. The average molecular weight is 276 g/mol. The predicted molar refractivity (Wildman–Crippen MR) is 75.4 cm³/mol. The van der Waals surface area contributed by atoms with Gasteiger partial charge in [-0.25, -0.2) is 4.98 Å². The summed E-state index contributed by atoms with van der Waals surface area (Å²) < 4.78 is 5.73. The number of anilines is 1. The monoisotopic (exact) mass is 276 g/mol. The van der Waals surface area contributed by atoms with E-state index in [2.05, 4.69) is 33.9 Å². The van der Waals surface area contributed by atoms with Gasteiger partial charge in [0, 0.05) is 24.8 Å². The molecule has 0 saturated carbocycles. The van der Waals surface area contributed by atoms with Crippen molar-refractivity contribution < 1.29 is 4.74 Å². The van der Waals surface area contributed by atoms with Gasteiger partial charge in [0.05, 0.1) is 12.2 Å². The normalized spacial score (nSPS) is 23.6. The van der Waals surface area contributed by atoms with E-state index < -0.39 is 0 Å². The highest BCUT2D eigenvalue weighted by Crippen LogP contribution is 2.23. The van der Waals surface area contributed by atoms with Crippen molar-refractivity contribution in [2.24, 2.45) is 0 Å². The molecule has 0 amide bonds. The van der Waals surface area contributed by atoms with Gasteiger partial charge in [-0.05, 0) is 26.0 Å². The molecule has 1 saturated heterocycles. The Morgan fingerprint density at radius 2 is 2.05 bits per heavy atom. The zero-order valence-electron chi connectivity index (χ0n) is 11.0. The molecule has 6 heteroatoms. The Hall–Kier alpha value is -1.53. The van der Waals surface area contributed by atoms with E-state index in [4.69, 9.17) is 4.74 Å². The molecule has 2 aromatic heterocycles. The second-order valence-electron chi connectivity index (χ2n) is 4.81. The molecule has 1 fully saturated rings. The van der Waals surface area contributed by atoms with Crippen LogP contribution in [0.2, 0.25) is 0 Å². The molecule has 0 aromatic carbocycles. The van der Waals surface area contributed by atoms with Crippen LogP contribution in [0.4, 0.5) is 5.82 Å². The smallest absolute Gasteiger partial charge is 0.149 e. The Labute approximate surface area is 116 Å². The van der Waals surface area contributed by atoms with E-state index in [0.29, 0.717) is 0 Å². The van der Waals surface area contributed by atoms with Crippen molar-refractivity contribution in [3.63, 3.8) is 0 Å². The molecule has 2 atom stereocenters. The van der Waals surface area contributed by atoms with Crippen molar-refractivity contribution in [3.05, 3.63) is 23.8 Å². The lowest BCUT2D eigenvalue weighted by Crippen LogP contribution is -2.45.